The molecule has 1 aromatic rings. The van der Waals surface area contributed by atoms with Gasteiger partial charge in [-0.25, -0.2) is 8.78 Å². The molecule has 0 aliphatic heterocycles. The van der Waals surface area contributed by atoms with Crippen molar-refractivity contribution < 1.29 is 23.4 Å². The summed E-state index contributed by atoms with van der Waals surface area (Å²) in [6.07, 6.45) is 3.76. The molecule has 1 aliphatic carbocycles. The van der Waals surface area contributed by atoms with Crippen molar-refractivity contribution in [1.29, 1.82) is 0 Å². The van der Waals surface area contributed by atoms with Gasteiger partial charge in [-0.05, 0) is 25.0 Å². The van der Waals surface area contributed by atoms with Gasteiger partial charge >= 0.3 is 0 Å². The molecule has 0 saturated heterocycles. The maximum absolute atomic E-state index is 13.3. The van der Waals surface area contributed by atoms with Gasteiger partial charge in [0.25, 0.3) is 5.91 Å². The number of nitrogens with one attached hydrogen (secondary N) is 1. The Morgan fingerprint density at radius 3 is 2.81 bits per heavy atom. The molecule has 0 aromatic heterocycles. The van der Waals surface area contributed by atoms with Crippen LogP contribution in [-0.4, -0.2) is 30.3 Å². The standard InChI is InChI=1S/C15H19F2NO3/c16-11-5-6-14(12(17)7-11)21-9-15(20)18-13-4-2-1-3-10(13)8-19/h5-7,10,13,19H,1-4,8-9H2,(H,18,20). The van der Waals surface area contributed by atoms with Crippen molar-refractivity contribution in [1.82, 2.24) is 5.32 Å². The third-order valence-corrected chi connectivity index (χ3v) is 3.74. The number of carbonyl (C=O) groups excluding carboxylic acids is 1. The maximum atomic E-state index is 13.3. The summed E-state index contributed by atoms with van der Waals surface area (Å²) in [4.78, 5) is 11.8. The minimum Gasteiger partial charge on any atom is -0.481 e. The third-order valence-electron chi connectivity index (χ3n) is 3.74. The van der Waals surface area contributed by atoms with Gasteiger partial charge < -0.3 is 15.2 Å². The first-order valence-corrected chi connectivity index (χ1v) is 7.08. The average molecular weight is 299 g/mol. The summed E-state index contributed by atoms with van der Waals surface area (Å²) >= 11 is 0. The van der Waals surface area contributed by atoms with E-state index in [2.05, 4.69) is 5.32 Å². The van der Waals surface area contributed by atoms with Crippen molar-refractivity contribution in [2.75, 3.05) is 13.2 Å². The highest BCUT2D eigenvalue weighted by Crippen LogP contribution is 2.24. The molecule has 2 atom stereocenters. The van der Waals surface area contributed by atoms with E-state index in [1.165, 1.54) is 0 Å². The summed E-state index contributed by atoms with van der Waals surface area (Å²) in [6, 6.07) is 2.85. The fourth-order valence-electron chi connectivity index (χ4n) is 2.60. The molecule has 1 fully saturated rings. The molecule has 6 heteroatoms. The highest BCUT2D eigenvalue weighted by Gasteiger charge is 2.25. The van der Waals surface area contributed by atoms with E-state index >= 15 is 0 Å². The van der Waals surface area contributed by atoms with E-state index in [0.717, 1.165) is 37.8 Å². The van der Waals surface area contributed by atoms with E-state index in [0.29, 0.717) is 6.07 Å². The van der Waals surface area contributed by atoms with Crippen molar-refractivity contribution in [2.24, 2.45) is 5.92 Å². The molecule has 0 radical (unpaired) electrons. The second-order valence-electron chi connectivity index (χ2n) is 5.26. The lowest BCUT2D eigenvalue weighted by Crippen LogP contribution is -2.45. The molecule has 21 heavy (non-hydrogen) atoms. The molecule has 1 aliphatic rings. The Labute approximate surface area is 122 Å². The van der Waals surface area contributed by atoms with Gasteiger partial charge in [0.1, 0.15) is 5.82 Å². The minimum absolute atomic E-state index is 0.0401. The highest BCUT2D eigenvalue weighted by molar-refractivity contribution is 5.77. The number of rotatable bonds is 5. The van der Waals surface area contributed by atoms with Crippen molar-refractivity contribution in [3.05, 3.63) is 29.8 Å². The van der Waals surface area contributed by atoms with Crippen LogP contribution in [0.4, 0.5) is 8.78 Å². The van der Waals surface area contributed by atoms with Crippen LogP contribution in [0.25, 0.3) is 0 Å². The number of hydrogen-bond acceptors (Lipinski definition) is 3. The quantitative estimate of drug-likeness (QED) is 0.874. The summed E-state index contributed by atoms with van der Waals surface area (Å²) in [5.74, 6) is -2.01. The van der Waals surface area contributed by atoms with Crippen LogP contribution in [0.15, 0.2) is 18.2 Å². The number of carbonyl (C=O) groups is 1. The number of aliphatic hydroxyl groups excluding tert-OH is 1. The van der Waals surface area contributed by atoms with Crippen LogP contribution in [0.2, 0.25) is 0 Å². The molecule has 4 nitrogen and oxygen atoms in total. The smallest absolute Gasteiger partial charge is 0.258 e. The molecular formula is C15H19F2NO3. The summed E-state index contributed by atoms with van der Waals surface area (Å²) in [6.45, 7) is -0.296. The lowest BCUT2D eigenvalue weighted by molar-refractivity contribution is -0.124. The Hall–Kier alpha value is -1.69. The minimum atomic E-state index is -0.839. The van der Waals surface area contributed by atoms with Gasteiger partial charge in [0.2, 0.25) is 0 Å². The van der Waals surface area contributed by atoms with Gasteiger partial charge in [-0.15, -0.1) is 0 Å². The van der Waals surface area contributed by atoms with Crippen LogP contribution >= 0.6 is 0 Å². The fraction of sp³-hybridized carbons (Fsp3) is 0.533. The van der Waals surface area contributed by atoms with E-state index in [-0.39, 0.29) is 36.8 Å². The molecule has 116 valence electrons. The van der Waals surface area contributed by atoms with Crippen LogP contribution in [0.1, 0.15) is 25.7 Å². The molecule has 0 spiro atoms. The monoisotopic (exact) mass is 299 g/mol. The number of benzene rings is 1. The van der Waals surface area contributed by atoms with E-state index in [4.69, 9.17) is 4.74 Å². The van der Waals surface area contributed by atoms with Gasteiger partial charge in [-0.1, -0.05) is 12.8 Å². The fourth-order valence-corrected chi connectivity index (χ4v) is 2.60. The van der Waals surface area contributed by atoms with Crippen molar-refractivity contribution >= 4 is 5.91 Å². The molecule has 1 saturated carbocycles. The lowest BCUT2D eigenvalue weighted by Gasteiger charge is -2.30. The number of hydrogen-bond donors (Lipinski definition) is 2. The van der Waals surface area contributed by atoms with E-state index in [1.54, 1.807) is 0 Å². The molecule has 2 N–H and O–H groups in total. The Bertz CT molecular complexity index is 496. The van der Waals surface area contributed by atoms with Gasteiger partial charge in [0.15, 0.2) is 18.2 Å². The summed E-state index contributed by atoms with van der Waals surface area (Å²) in [5, 5.41) is 12.1. The molecular weight excluding hydrogens is 280 g/mol. The highest BCUT2D eigenvalue weighted by atomic mass is 19.1. The third kappa shape index (κ3) is 4.39. The van der Waals surface area contributed by atoms with Gasteiger partial charge in [-0.3, -0.25) is 4.79 Å². The molecule has 0 heterocycles. The van der Waals surface area contributed by atoms with Crippen LogP contribution < -0.4 is 10.1 Å². The van der Waals surface area contributed by atoms with Crippen molar-refractivity contribution in [3.63, 3.8) is 0 Å². The zero-order valence-corrected chi connectivity index (χ0v) is 11.6. The lowest BCUT2D eigenvalue weighted by atomic mass is 9.85. The maximum Gasteiger partial charge on any atom is 0.258 e. The normalized spacial score (nSPS) is 21.9. The molecule has 1 aromatic carbocycles. The number of ether oxygens (including phenoxy) is 1. The molecule has 0 bridgehead atoms. The average Bonchev–Trinajstić information content (AvgIpc) is 2.47. The summed E-state index contributed by atoms with van der Waals surface area (Å²) < 4.78 is 31.1. The predicted molar refractivity (Wildman–Crippen MR) is 72.8 cm³/mol. The Morgan fingerprint density at radius 2 is 2.10 bits per heavy atom. The van der Waals surface area contributed by atoms with Crippen LogP contribution in [0.3, 0.4) is 0 Å². The molecule has 2 rings (SSSR count). The van der Waals surface area contributed by atoms with Gasteiger partial charge in [-0.2, -0.15) is 0 Å². The first kappa shape index (κ1) is 15.7. The van der Waals surface area contributed by atoms with Crippen LogP contribution in [0.5, 0.6) is 5.75 Å². The van der Waals surface area contributed by atoms with Gasteiger partial charge in [0.05, 0.1) is 0 Å². The van der Waals surface area contributed by atoms with Crippen molar-refractivity contribution in [2.45, 2.75) is 31.7 Å². The Morgan fingerprint density at radius 1 is 1.33 bits per heavy atom. The van der Waals surface area contributed by atoms with Crippen LogP contribution in [-0.2, 0) is 4.79 Å². The second kappa shape index (κ2) is 7.36. The van der Waals surface area contributed by atoms with E-state index < -0.39 is 11.6 Å². The SMILES string of the molecule is O=C(COc1ccc(F)cc1F)NC1CCCCC1CO. The first-order valence-electron chi connectivity index (χ1n) is 7.08. The van der Waals surface area contributed by atoms with E-state index in [1.807, 2.05) is 0 Å². The molecule has 1 amide bonds. The first-order chi connectivity index (χ1) is 10.1. The second-order valence-corrected chi connectivity index (χ2v) is 5.26. The summed E-state index contributed by atoms with van der Waals surface area (Å²) in [7, 11) is 0. The largest absolute Gasteiger partial charge is 0.481 e. The zero-order valence-electron chi connectivity index (χ0n) is 11.6. The van der Waals surface area contributed by atoms with Crippen LogP contribution in [0, 0.1) is 17.6 Å². The number of aliphatic hydroxyl groups is 1. The van der Waals surface area contributed by atoms with Gasteiger partial charge in [0, 0.05) is 24.6 Å². The van der Waals surface area contributed by atoms with Crippen molar-refractivity contribution in [3.8, 4) is 5.75 Å². The Balaban J connectivity index is 1.84. The van der Waals surface area contributed by atoms with E-state index in [9.17, 15) is 18.7 Å². The zero-order chi connectivity index (χ0) is 15.2. The number of amides is 1. The Kier molecular flexibility index (Phi) is 5.50. The molecule has 2 unspecified atom stereocenters. The topological polar surface area (TPSA) is 58.6 Å². The number of halogens is 2. The predicted octanol–water partition coefficient (Wildman–Crippen LogP) is 2.01. The summed E-state index contributed by atoms with van der Waals surface area (Å²) in [5.41, 5.74) is 0.